The van der Waals surface area contributed by atoms with Crippen molar-refractivity contribution >= 4 is 11.8 Å². The van der Waals surface area contributed by atoms with Crippen LogP contribution in [0.2, 0.25) is 0 Å². The quantitative estimate of drug-likeness (QED) is 0.346. The molecule has 2 amide bonds. The minimum Gasteiger partial charge on any atom is -0.356 e. The van der Waals surface area contributed by atoms with Gasteiger partial charge in [-0.15, -0.1) is 0 Å². The van der Waals surface area contributed by atoms with E-state index in [0.717, 1.165) is 97.1 Å². The number of hydrogen-bond donors (Lipinski definition) is 2. The Bertz CT molecular complexity index is 1080. The lowest BCUT2D eigenvalue weighted by atomic mass is 9.72. The second-order valence-corrected chi connectivity index (χ2v) is 16.4. The summed E-state index contributed by atoms with van der Waals surface area (Å²) in [6, 6.07) is 1.15. The largest absolute Gasteiger partial charge is 0.356 e. The monoisotopic (exact) mass is 721 g/mol. The Morgan fingerprint density at radius 1 is 0.725 bits per heavy atom. The molecule has 0 aromatic rings. The molecule has 51 heavy (non-hydrogen) atoms. The molecule has 294 valence electrons. The van der Waals surface area contributed by atoms with E-state index < -0.39 is 0 Å². The first-order valence-corrected chi connectivity index (χ1v) is 20.5. The van der Waals surface area contributed by atoms with Crippen LogP contribution >= 0.6 is 0 Å². The molecular weight excluding hydrogens is 648 g/mol. The van der Waals surface area contributed by atoms with Crippen LogP contribution in [0.4, 0.5) is 0 Å². The van der Waals surface area contributed by atoms with Crippen molar-refractivity contribution in [2.24, 2.45) is 23.7 Å². The second kappa shape index (κ2) is 19.3. The van der Waals surface area contributed by atoms with Crippen LogP contribution in [0.1, 0.15) is 84.5 Å². The van der Waals surface area contributed by atoms with Gasteiger partial charge in [-0.25, -0.2) is 0 Å². The highest BCUT2D eigenvalue weighted by Crippen LogP contribution is 2.46. The van der Waals surface area contributed by atoms with Gasteiger partial charge in [0.2, 0.25) is 11.8 Å². The van der Waals surface area contributed by atoms with Crippen LogP contribution < -0.4 is 10.6 Å². The highest BCUT2D eigenvalue weighted by Gasteiger charge is 2.50. The van der Waals surface area contributed by atoms with Gasteiger partial charge in [0.1, 0.15) is 0 Å². The third-order valence-electron chi connectivity index (χ3n) is 12.6. The molecular formula is C39H72N6O6. The van der Waals surface area contributed by atoms with E-state index in [-0.39, 0.29) is 35.2 Å². The molecule has 2 saturated carbocycles. The minimum absolute atomic E-state index is 0.0900. The van der Waals surface area contributed by atoms with E-state index in [1.54, 1.807) is 0 Å². The Morgan fingerprint density at radius 2 is 1.18 bits per heavy atom. The van der Waals surface area contributed by atoms with Crippen LogP contribution in [-0.2, 0) is 28.5 Å². The van der Waals surface area contributed by atoms with Gasteiger partial charge in [0, 0.05) is 70.5 Å². The lowest BCUT2D eigenvalue weighted by molar-refractivity contribution is -0.202. The van der Waals surface area contributed by atoms with Crippen molar-refractivity contribution in [1.29, 1.82) is 0 Å². The van der Waals surface area contributed by atoms with Crippen molar-refractivity contribution < 1.29 is 28.5 Å². The molecule has 2 N–H and O–H groups in total. The molecule has 6 atom stereocenters. The second-order valence-electron chi connectivity index (χ2n) is 16.4. The number of ether oxygens (including phenoxy) is 4. The molecule has 12 nitrogen and oxygen atoms in total. The number of carbonyl (C=O) groups is 2. The van der Waals surface area contributed by atoms with Gasteiger partial charge in [0.05, 0.1) is 38.3 Å². The van der Waals surface area contributed by atoms with Crippen LogP contribution in [0.3, 0.4) is 0 Å². The van der Waals surface area contributed by atoms with Crippen molar-refractivity contribution in [3.8, 4) is 0 Å². The first-order chi connectivity index (χ1) is 24.6. The third kappa shape index (κ3) is 10.9. The molecule has 5 aliphatic heterocycles. The fraction of sp³-hybridized carbons (Fsp3) is 0.949. The van der Waals surface area contributed by atoms with E-state index in [9.17, 15) is 9.59 Å². The van der Waals surface area contributed by atoms with Gasteiger partial charge in [-0.05, 0) is 105 Å². The molecule has 2 spiro atoms. The summed E-state index contributed by atoms with van der Waals surface area (Å²) in [6.07, 6.45) is 11.6. The van der Waals surface area contributed by atoms with Gasteiger partial charge < -0.3 is 49.2 Å². The van der Waals surface area contributed by atoms with Crippen LogP contribution in [-0.4, -0.2) is 162 Å². The van der Waals surface area contributed by atoms with E-state index in [2.05, 4.69) is 58.4 Å². The van der Waals surface area contributed by atoms with E-state index in [1.165, 1.54) is 25.9 Å². The molecule has 7 rings (SSSR count). The molecule has 0 aromatic carbocycles. The van der Waals surface area contributed by atoms with Crippen molar-refractivity contribution in [3.63, 3.8) is 0 Å². The summed E-state index contributed by atoms with van der Waals surface area (Å²) in [5.74, 6) is 0.924. The SMILES string of the molecule is CC.CN(C)CCCNC(=O)C1CC2CC3(CC[C@H]2N(C)C1)OCCO3.CN1CC(C(=O)NCCN2CCCC2)C[C@@H]2CC3(CC[C@H]21)OCCO3. The highest BCUT2D eigenvalue weighted by molar-refractivity contribution is 5.79. The summed E-state index contributed by atoms with van der Waals surface area (Å²) in [4.78, 5) is 34.6. The summed E-state index contributed by atoms with van der Waals surface area (Å²) in [7, 11) is 8.46. The number of amides is 2. The topological polar surface area (TPSA) is 108 Å². The maximum atomic E-state index is 12.7. The van der Waals surface area contributed by atoms with Gasteiger partial charge >= 0.3 is 0 Å². The lowest BCUT2D eigenvalue weighted by Crippen LogP contribution is -2.55. The van der Waals surface area contributed by atoms with Crippen LogP contribution in [0.25, 0.3) is 0 Å². The van der Waals surface area contributed by atoms with Crippen LogP contribution in [0.5, 0.6) is 0 Å². The van der Waals surface area contributed by atoms with Crippen molar-refractivity contribution in [2.75, 3.05) is 107 Å². The summed E-state index contributed by atoms with van der Waals surface area (Å²) >= 11 is 0. The molecule has 5 saturated heterocycles. The Kier molecular flexibility index (Phi) is 15.4. The van der Waals surface area contributed by atoms with Gasteiger partial charge in [-0.2, -0.15) is 0 Å². The number of hydrogen-bond acceptors (Lipinski definition) is 10. The molecule has 7 fully saturated rings. The highest BCUT2D eigenvalue weighted by atomic mass is 16.7. The standard InChI is InChI=1S/C19H33N3O3.C18H33N3O3.C2H6/c1-21-14-16(18(23)20-6-9-22-7-2-3-8-22)12-15-13-19(5-4-17(15)21)24-10-11-25-19;1-20(2)8-4-7-19-17(22)15-11-14-12-18(23-9-10-24-18)6-5-16(14)21(3)13-15;1-2/h15-17H,2-14H2,1H3,(H,20,23);14-16H,4-13H2,1-3H3,(H,19,22);1-2H3/t15-,16?,17-;14?,15?,16-;/m11./s1. The molecule has 3 unspecified atom stereocenters. The van der Waals surface area contributed by atoms with Crippen molar-refractivity contribution in [2.45, 2.75) is 108 Å². The number of piperidine rings is 2. The Hall–Kier alpha value is -1.38. The number of nitrogens with one attached hydrogen (secondary N) is 2. The van der Waals surface area contributed by atoms with Gasteiger partial charge in [-0.1, -0.05) is 13.8 Å². The Morgan fingerprint density at radius 3 is 1.63 bits per heavy atom. The average molecular weight is 721 g/mol. The van der Waals surface area contributed by atoms with Gasteiger partial charge in [0.25, 0.3) is 0 Å². The number of likely N-dealkylation sites (tertiary alicyclic amines) is 3. The van der Waals surface area contributed by atoms with Gasteiger partial charge in [-0.3, -0.25) is 9.59 Å². The zero-order valence-corrected chi connectivity index (χ0v) is 33.0. The maximum Gasteiger partial charge on any atom is 0.224 e. The lowest BCUT2D eigenvalue weighted by Gasteiger charge is -2.49. The molecule has 0 aromatic heterocycles. The van der Waals surface area contributed by atoms with E-state index in [0.29, 0.717) is 50.3 Å². The fourth-order valence-corrected chi connectivity index (χ4v) is 10.1. The maximum absolute atomic E-state index is 12.7. The summed E-state index contributed by atoms with van der Waals surface area (Å²) in [6.45, 7) is 14.5. The van der Waals surface area contributed by atoms with E-state index >= 15 is 0 Å². The molecule has 12 heteroatoms. The minimum atomic E-state index is -0.355. The van der Waals surface area contributed by atoms with Crippen LogP contribution in [0.15, 0.2) is 0 Å². The van der Waals surface area contributed by atoms with Crippen molar-refractivity contribution in [1.82, 2.24) is 30.2 Å². The number of carbonyl (C=O) groups excluding carboxylic acids is 2. The van der Waals surface area contributed by atoms with Crippen molar-refractivity contribution in [3.05, 3.63) is 0 Å². The van der Waals surface area contributed by atoms with E-state index in [1.807, 2.05) is 13.8 Å². The Labute approximate surface area is 308 Å². The number of nitrogens with zero attached hydrogens (tertiary/aromatic N) is 4. The molecule has 7 aliphatic rings. The summed E-state index contributed by atoms with van der Waals surface area (Å²) in [5, 5.41) is 6.32. The fourth-order valence-electron chi connectivity index (χ4n) is 10.1. The molecule has 0 bridgehead atoms. The normalized spacial score (nSPS) is 33.2. The van der Waals surface area contributed by atoms with Gasteiger partial charge in [0.15, 0.2) is 11.6 Å². The van der Waals surface area contributed by atoms with Crippen LogP contribution in [0, 0.1) is 23.7 Å². The number of rotatable bonds is 9. The predicted molar refractivity (Wildman–Crippen MR) is 199 cm³/mol. The van der Waals surface area contributed by atoms with E-state index in [4.69, 9.17) is 18.9 Å². The molecule has 2 aliphatic carbocycles. The number of fused-ring (bicyclic) bond motifs is 2. The third-order valence-corrected chi connectivity index (χ3v) is 12.6. The average Bonchev–Trinajstić information content (AvgIpc) is 3.91. The first kappa shape index (κ1) is 40.8. The Balaban J connectivity index is 0.000000189. The summed E-state index contributed by atoms with van der Waals surface area (Å²) < 4.78 is 23.7. The predicted octanol–water partition coefficient (Wildman–Crippen LogP) is 3.01. The zero-order chi connectivity index (χ0) is 36.4. The molecule has 5 heterocycles. The smallest absolute Gasteiger partial charge is 0.224 e. The first-order valence-electron chi connectivity index (χ1n) is 20.5. The molecule has 0 radical (unpaired) electrons. The zero-order valence-electron chi connectivity index (χ0n) is 33.0. The summed E-state index contributed by atoms with van der Waals surface area (Å²) in [5.41, 5.74) is 0.